The smallest absolute Gasteiger partial charge is 0.244 e. The van der Waals surface area contributed by atoms with Crippen molar-refractivity contribution in [2.75, 3.05) is 26.2 Å². The Morgan fingerprint density at radius 1 is 1.18 bits per heavy atom. The number of aliphatic imine (C=N–C) groups is 1. The number of nitrogens with two attached hydrogens (primary N) is 1. The lowest BCUT2D eigenvalue weighted by Crippen LogP contribution is -2.41. The summed E-state index contributed by atoms with van der Waals surface area (Å²) in [5.41, 5.74) is 7.25. The number of carbonyl (C=O) groups is 1. The van der Waals surface area contributed by atoms with Crippen LogP contribution in [0.3, 0.4) is 0 Å². The molecule has 1 fully saturated rings. The first-order valence-electron chi connectivity index (χ1n) is 9.58. The largest absolute Gasteiger partial charge is 0.370 e. The van der Waals surface area contributed by atoms with E-state index in [1.54, 1.807) is 11.3 Å². The van der Waals surface area contributed by atoms with Crippen molar-refractivity contribution in [2.45, 2.75) is 25.7 Å². The topological polar surface area (TPSA) is 70.7 Å². The van der Waals surface area contributed by atoms with Crippen LogP contribution in [0, 0.1) is 5.92 Å². The van der Waals surface area contributed by atoms with Crippen molar-refractivity contribution in [3.63, 3.8) is 0 Å². The number of guanidine groups is 1. The summed E-state index contributed by atoms with van der Waals surface area (Å²) in [5, 5.41) is 5.14. The summed E-state index contributed by atoms with van der Waals surface area (Å²) in [6, 6.07) is 14.7. The quantitative estimate of drug-likeness (QED) is 0.340. The summed E-state index contributed by atoms with van der Waals surface area (Å²) < 4.78 is 0. The molecule has 0 atom stereocenters. The van der Waals surface area contributed by atoms with Crippen molar-refractivity contribution in [1.82, 2.24) is 10.2 Å². The maximum atomic E-state index is 12.4. The van der Waals surface area contributed by atoms with Crippen molar-refractivity contribution in [3.8, 4) is 0 Å². The van der Waals surface area contributed by atoms with E-state index in [0.717, 1.165) is 45.3 Å². The number of halogens is 1. The third-order valence-corrected chi connectivity index (χ3v) is 5.91. The van der Waals surface area contributed by atoms with E-state index >= 15 is 0 Å². The van der Waals surface area contributed by atoms with E-state index in [1.165, 1.54) is 10.4 Å². The van der Waals surface area contributed by atoms with Crippen LogP contribution in [-0.2, 0) is 17.6 Å². The van der Waals surface area contributed by atoms with E-state index in [1.807, 2.05) is 17.0 Å². The maximum absolute atomic E-state index is 12.4. The van der Waals surface area contributed by atoms with E-state index in [0.29, 0.717) is 11.9 Å². The number of likely N-dealkylation sites (tertiary alicyclic amines) is 1. The van der Waals surface area contributed by atoms with Crippen LogP contribution in [0.1, 0.15) is 23.3 Å². The van der Waals surface area contributed by atoms with Crippen LogP contribution in [0.5, 0.6) is 0 Å². The van der Waals surface area contributed by atoms with Crippen molar-refractivity contribution in [2.24, 2.45) is 16.6 Å². The average molecular weight is 512 g/mol. The summed E-state index contributed by atoms with van der Waals surface area (Å²) in [5.74, 6) is 1.07. The Balaban J connectivity index is 0.00000280. The second-order valence-corrected chi connectivity index (χ2v) is 8.00. The second-order valence-electron chi connectivity index (χ2n) is 6.97. The third-order valence-electron chi connectivity index (χ3n) is 4.98. The molecule has 5 nitrogen and oxygen atoms in total. The van der Waals surface area contributed by atoms with E-state index in [9.17, 15) is 4.79 Å². The van der Waals surface area contributed by atoms with Gasteiger partial charge in [0.1, 0.15) is 6.54 Å². The number of amides is 1. The van der Waals surface area contributed by atoms with Crippen LogP contribution in [-0.4, -0.2) is 42.9 Å². The fraction of sp³-hybridized carbons (Fsp3) is 0.429. The van der Waals surface area contributed by atoms with E-state index in [4.69, 9.17) is 5.73 Å². The Bertz CT molecular complexity index is 728. The molecule has 1 aliphatic rings. The number of benzene rings is 1. The standard InChI is InChI=1S/C21H28N4OS.HI/c22-21(23-11-8-19-7-4-14-27-19)24-16-20(26)25-12-9-18(10-13-25)15-17-5-2-1-3-6-17;/h1-7,14,18H,8-13,15-16H2,(H3,22,23,24);1H. The Labute approximate surface area is 188 Å². The van der Waals surface area contributed by atoms with Gasteiger partial charge in [-0.3, -0.25) is 4.79 Å². The van der Waals surface area contributed by atoms with Crippen LogP contribution in [0.4, 0.5) is 0 Å². The van der Waals surface area contributed by atoms with Crippen molar-refractivity contribution in [3.05, 3.63) is 58.3 Å². The summed E-state index contributed by atoms with van der Waals surface area (Å²) in [6.45, 7) is 2.49. The number of hydrogen-bond acceptors (Lipinski definition) is 3. The number of nitrogens with one attached hydrogen (secondary N) is 1. The second kappa shape index (κ2) is 12.1. The van der Waals surface area contributed by atoms with Gasteiger partial charge in [0.2, 0.25) is 5.91 Å². The lowest BCUT2D eigenvalue weighted by Gasteiger charge is -2.31. The van der Waals surface area contributed by atoms with Gasteiger partial charge in [0, 0.05) is 24.5 Å². The summed E-state index contributed by atoms with van der Waals surface area (Å²) in [4.78, 5) is 19.8. The molecular weight excluding hydrogens is 483 g/mol. The fourth-order valence-electron chi connectivity index (χ4n) is 3.41. The molecule has 152 valence electrons. The third kappa shape index (κ3) is 7.43. The van der Waals surface area contributed by atoms with Gasteiger partial charge in [-0.25, -0.2) is 4.99 Å². The number of piperidine rings is 1. The molecule has 0 spiro atoms. The first-order chi connectivity index (χ1) is 13.2. The highest BCUT2D eigenvalue weighted by Crippen LogP contribution is 2.21. The van der Waals surface area contributed by atoms with Crippen LogP contribution < -0.4 is 11.1 Å². The molecule has 1 aliphatic heterocycles. The number of rotatable bonds is 7. The van der Waals surface area contributed by atoms with Crippen LogP contribution >= 0.6 is 35.3 Å². The molecule has 0 aliphatic carbocycles. The van der Waals surface area contributed by atoms with Crippen molar-refractivity contribution in [1.29, 1.82) is 0 Å². The summed E-state index contributed by atoms with van der Waals surface area (Å²) >= 11 is 1.73. The Kier molecular flexibility index (Phi) is 9.77. The monoisotopic (exact) mass is 512 g/mol. The highest BCUT2D eigenvalue weighted by molar-refractivity contribution is 14.0. The summed E-state index contributed by atoms with van der Waals surface area (Å²) in [7, 11) is 0. The van der Waals surface area contributed by atoms with E-state index in [-0.39, 0.29) is 36.4 Å². The van der Waals surface area contributed by atoms with Gasteiger partial charge in [0.15, 0.2) is 5.96 Å². The van der Waals surface area contributed by atoms with Gasteiger partial charge in [-0.1, -0.05) is 36.4 Å². The molecule has 0 saturated carbocycles. The Morgan fingerprint density at radius 3 is 2.61 bits per heavy atom. The molecule has 0 bridgehead atoms. The fourth-order valence-corrected chi connectivity index (χ4v) is 4.12. The average Bonchev–Trinajstić information content (AvgIpc) is 3.21. The minimum atomic E-state index is 0. The first-order valence-corrected chi connectivity index (χ1v) is 10.5. The van der Waals surface area contributed by atoms with Gasteiger partial charge >= 0.3 is 0 Å². The van der Waals surface area contributed by atoms with Crippen LogP contribution in [0.15, 0.2) is 52.8 Å². The van der Waals surface area contributed by atoms with E-state index in [2.05, 4.69) is 46.0 Å². The van der Waals surface area contributed by atoms with Crippen molar-refractivity contribution >= 4 is 47.2 Å². The lowest BCUT2D eigenvalue weighted by atomic mass is 9.90. The summed E-state index contributed by atoms with van der Waals surface area (Å²) in [6.07, 6.45) is 4.12. The molecule has 1 amide bonds. The number of hydrogen-bond donors (Lipinski definition) is 2. The number of nitrogens with zero attached hydrogens (tertiary/aromatic N) is 2. The molecule has 0 radical (unpaired) electrons. The Hall–Kier alpha value is -1.61. The predicted molar refractivity (Wildman–Crippen MR) is 127 cm³/mol. The molecule has 2 heterocycles. The molecule has 2 aromatic rings. The normalized spacial score (nSPS) is 15.1. The Morgan fingerprint density at radius 2 is 1.93 bits per heavy atom. The number of thiophene rings is 1. The zero-order valence-electron chi connectivity index (χ0n) is 16.0. The van der Waals surface area contributed by atoms with E-state index < -0.39 is 0 Å². The van der Waals surface area contributed by atoms with Gasteiger partial charge in [-0.2, -0.15) is 0 Å². The predicted octanol–water partition coefficient (Wildman–Crippen LogP) is 3.29. The SMILES string of the molecule is I.NC(=NCC(=O)N1CCC(Cc2ccccc2)CC1)NCCc1cccs1. The maximum Gasteiger partial charge on any atom is 0.244 e. The van der Waals surface area contributed by atoms with Crippen molar-refractivity contribution < 1.29 is 4.79 Å². The molecular formula is C21H29IN4OS. The highest BCUT2D eigenvalue weighted by Gasteiger charge is 2.22. The molecule has 0 unspecified atom stereocenters. The molecule has 1 saturated heterocycles. The van der Waals surface area contributed by atoms with Gasteiger partial charge < -0.3 is 16.0 Å². The molecule has 3 N–H and O–H groups in total. The minimum absolute atomic E-state index is 0. The van der Waals surface area contributed by atoms with Crippen LogP contribution in [0.25, 0.3) is 0 Å². The molecule has 28 heavy (non-hydrogen) atoms. The molecule has 1 aromatic carbocycles. The zero-order chi connectivity index (χ0) is 18.9. The van der Waals surface area contributed by atoms with Crippen LogP contribution in [0.2, 0.25) is 0 Å². The molecule has 7 heteroatoms. The molecule has 1 aromatic heterocycles. The van der Waals surface area contributed by atoms with Gasteiger partial charge in [-0.15, -0.1) is 35.3 Å². The lowest BCUT2D eigenvalue weighted by molar-refractivity contribution is -0.130. The number of carbonyl (C=O) groups excluding carboxylic acids is 1. The molecule has 3 rings (SSSR count). The van der Waals surface area contributed by atoms with Gasteiger partial charge in [-0.05, 0) is 48.6 Å². The zero-order valence-corrected chi connectivity index (χ0v) is 19.2. The van der Waals surface area contributed by atoms with Gasteiger partial charge in [0.25, 0.3) is 0 Å². The van der Waals surface area contributed by atoms with Gasteiger partial charge in [0.05, 0.1) is 0 Å². The highest BCUT2D eigenvalue weighted by atomic mass is 127. The minimum Gasteiger partial charge on any atom is -0.370 e. The first kappa shape index (κ1) is 22.7.